The third kappa shape index (κ3) is 4.60. The van der Waals surface area contributed by atoms with Gasteiger partial charge in [0.15, 0.2) is 0 Å². The first-order chi connectivity index (χ1) is 8.65. The molecule has 0 amide bonds. The molecule has 1 aliphatic carbocycles. The van der Waals surface area contributed by atoms with Crippen LogP contribution < -0.4 is 5.32 Å². The second-order valence-electron chi connectivity index (χ2n) is 5.50. The number of hydrogen-bond donors (Lipinski definition) is 1. The predicted octanol–water partition coefficient (Wildman–Crippen LogP) is 3.28. The minimum Gasteiger partial charge on any atom is -0.466 e. The van der Waals surface area contributed by atoms with Crippen molar-refractivity contribution in [2.24, 2.45) is 5.92 Å². The van der Waals surface area contributed by atoms with Gasteiger partial charge in [-0.2, -0.15) is 0 Å². The molecule has 0 heterocycles. The molecule has 0 bridgehead atoms. The molecule has 0 saturated heterocycles. The van der Waals surface area contributed by atoms with Gasteiger partial charge in [0, 0.05) is 5.54 Å². The maximum absolute atomic E-state index is 11.8. The van der Waals surface area contributed by atoms with Gasteiger partial charge in [0.05, 0.1) is 13.0 Å². The van der Waals surface area contributed by atoms with Crippen molar-refractivity contribution in [3.05, 3.63) is 0 Å². The van der Waals surface area contributed by atoms with Crippen LogP contribution in [-0.4, -0.2) is 24.7 Å². The number of esters is 1. The SMILES string of the molecule is CCNC1(CC(=O)OCC)CCCC(CC)CC1. The molecule has 2 unspecified atom stereocenters. The van der Waals surface area contributed by atoms with E-state index >= 15 is 0 Å². The van der Waals surface area contributed by atoms with Crippen molar-refractivity contribution in [2.75, 3.05) is 13.2 Å². The molecule has 1 rings (SSSR count). The molecule has 0 aromatic carbocycles. The molecule has 0 aromatic heterocycles. The quantitative estimate of drug-likeness (QED) is 0.585. The average Bonchev–Trinajstić information content (AvgIpc) is 2.52. The zero-order valence-corrected chi connectivity index (χ0v) is 12.3. The molecule has 0 aliphatic heterocycles. The molecule has 0 spiro atoms. The molecular formula is C15H29NO2. The van der Waals surface area contributed by atoms with Crippen LogP contribution in [0.5, 0.6) is 0 Å². The Kier molecular flexibility index (Phi) is 6.69. The molecule has 3 heteroatoms. The topological polar surface area (TPSA) is 38.3 Å². The largest absolute Gasteiger partial charge is 0.466 e. The second-order valence-corrected chi connectivity index (χ2v) is 5.50. The van der Waals surface area contributed by atoms with Crippen molar-refractivity contribution < 1.29 is 9.53 Å². The summed E-state index contributed by atoms with van der Waals surface area (Å²) in [5.41, 5.74) is -0.00900. The Morgan fingerprint density at radius 3 is 2.67 bits per heavy atom. The van der Waals surface area contributed by atoms with Gasteiger partial charge in [-0.05, 0) is 38.6 Å². The van der Waals surface area contributed by atoms with E-state index in [1.165, 1.54) is 25.7 Å². The van der Waals surface area contributed by atoms with Gasteiger partial charge in [0.25, 0.3) is 0 Å². The second kappa shape index (κ2) is 7.78. The molecule has 106 valence electrons. The summed E-state index contributed by atoms with van der Waals surface area (Å²) in [5.74, 6) is 0.793. The van der Waals surface area contributed by atoms with Crippen LogP contribution in [0.1, 0.15) is 65.7 Å². The summed E-state index contributed by atoms with van der Waals surface area (Å²) in [4.78, 5) is 11.8. The molecule has 1 saturated carbocycles. The predicted molar refractivity (Wildman–Crippen MR) is 74.5 cm³/mol. The highest BCUT2D eigenvalue weighted by Crippen LogP contribution is 2.34. The summed E-state index contributed by atoms with van der Waals surface area (Å²) in [6.07, 6.45) is 7.79. The fraction of sp³-hybridized carbons (Fsp3) is 0.933. The van der Waals surface area contributed by atoms with Gasteiger partial charge in [0.1, 0.15) is 0 Å². The molecule has 2 atom stereocenters. The van der Waals surface area contributed by atoms with Gasteiger partial charge >= 0.3 is 5.97 Å². The number of carbonyl (C=O) groups is 1. The summed E-state index contributed by atoms with van der Waals surface area (Å²) < 4.78 is 5.13. The Morgan fingerprint density at radius 1 is 1.28 bits per heavy atom. The van der Waals surface area contributed by atoms with Crippen molar-refractivity contribution in [1.29, 1.82) is 0 Å². The summed E-state index contributed by atoms with van der Waals surface area (Å²) >= 11 is 0. The molecule has 3 nitrogen and oxygen atoms in total. The normalized spacial score (nSPS) is 28.7. The van der Waals surface area contributed by atoms with E-state index in [-0.39, 0.29) is 11.5 Å². The minimum atomic E-state index is -0.0478. The van der Waals surface area contributed by atoms with Gasteiger partial charge < -0.3 is 10.1 Å². The van der Waals surface area contributed by atoms with Crippen LogP contribution >= 0.6 is 0 Å². The molecule has 1 fully saturated rings. The van der Waals surface area contributed by atoms with E-state index < -0.39 is 0 Å². The summed E-state index contributed by atoms with van der Waals surface area (Å²) in [5, 5.41) is 3.57. The number of rotatable bonds is 6. The van der Waals surface area contributed by atoms with Crippen molar-refractivity contribution >= 4 is 5.97 Å². The van der Waals surface area contributed by atoms with Crippen LogP contribution in [0, 0.1) is 5.92 Å². The van der Waals surface area contributed by atoms with Gasteiger partial charge in [0.2, 0.25) is 0 Å². The van der Waals surface area contributed by atoms with Crippen LogP contribution in [0.3, 0.4) is 0 Å². The highest BCUT2D eigenvalue weighted by atomic mass is 16.5. The Balaban J connectivity index is 2.64. The monoisotopic (exact) mass is 255 g/mol. The summed E-state index contributed by atoms with van der Waals surface area (Å²) in [7, 11) is 0. The first kappa shape index (κ1) is 15.5. The number of carbonyl (C=O) groups excluding carboxylic acids is 1. The van der Waals surface area contributed by atoms with E-state index in [1.807, 2.05) is 6.92 Å². The van der Waals surface area contributed by atoms with Crippen LogP contribution in [0.15, 0.2) is 0 Å². The van der Waals surface area contributed by atoms with Crippen LogP contribution in [0.2, 0.25) is 0 Å². The third-order valence-corrected chi connectivity index (χ3v) is 4.22. The standard InChI is InChI=1S/C15H29NO2/c1-4-13-8-7-10-15(11-9-13,16-5-2)12-14(17)18-6-3/h13,16H,4-12H2,1-3H3. The van der Waals surface area contributed by atoms with E-state index in [0.29, 0.717) is 13.0 Å². The fourth-order valence-corrected chi connectivity index (χ4v) is 3.17. The van der Waals surface area contributed by atoms with Gasteiger partial charge in [-0.15, -0.1) is 0 Å². The molecule has 1 N–H and O–H groups in total. The highest BCUT2D eigenvalue weighted by molar-refractivity contribution is 5.70. The Bertz CT molecular complexity index is 255. The zero-order chi connectivity index (χ0) is 13.4. The van der Waals surface area contributed by atoms with Crippen LogP contribution in [0.25, 0.3) is 0 Å². The summed E-state index contributed by atoms with van der Waals surface area (Å²) in [6, 6.07) is 0. The number of hydrogen-bond acceptors (Lipinski definition) is 3. The van der Waals surface area contributed by atoms with E-state index in [1.54, 1.807) is 0 Å². The van der Waals surface area contributed by atoms with E-state index in [9.17, 15) is 4.79 Å². The highest BCUT2D eigenvalue weighted by Gasteiger charge is 2.34. The molecule has 1 aliphatic rings. The third-order valence-electron chi connectivity index (χ3n) is 4.22. The van der Waals surface area contributed by atoms with Gasteiger partial charge in [-0.1, -0.05) is 33.1 Å². The van der Waals surface area contributed by atoms with E-state index in [4.69, 9.17) is 4.74 Å². The van der Waals surface area contributed by atoms with Crippen molar-refractivity contribution in [1.82, 2.24) is 5.32 Å². The minimum absolute atomic E-state index is 0.00900. The van der Waals surface area contributed by atoms with E-state index in [0.717, 1.165) is 25.3 Å². The van der Waals surface area contributed by atoms with Crippen LogP contribution in [-0.2, 0) is 9.53 Å². The Morgan fingerprint density at radius 2 is 2.06 bits per heavy atom. The fourth-order valence-electron chi connectivity index (χ4n) is 3.17. The molecule has 0 aromatic rings. The first-order valence-corrected chi connectivity index (χ1v) is 7.56. The zero-order valence-electron chi connectivity index (χ0n) is 12.3. The van der Waals surface area contributed by atoms with Crippen LogP contribution in [0.4, 0.5) is 0 Å². The Labute approximate surface area is 112 Å². The van der Waals surface area contributed by atoms with Crippen molar-refractivity contribution in [2.45, 2.75) is 71.3 Å². The molecule has 0 radical (unpaired) electrons. The van der Waals surface area contributed by atoms with E-state index in [2.05, 4.69) is 19.2 Å². The maximum Gasteiger partial charge on any atom is 0.307 e. The van der Waals surface area contributed by atoms with Crippen molar-refractivity contribution in [3.8, 4) is 0 Å². The van der Waals surface area contributed by atoms with Gasteiger partial charge in [-0.3, -0.25) is 4.79 Å². The van der Waals surface area contributed by atoms with Gasteiger partial charge in [-0.25, -0.2) is 0 Å². The lowest BCUT2D eigenvalue weighted by atomic mass is 9.86. The number of nitrogens with one attached hydrogen (secondary N) is 1. The molecular weight excluding hydrogens is 226 g/mol. The lowest BCUT2D eigenvalue weighted by Gasteiger charge is -2.33. The lowest BCUT2D eigenvalue weighted by Crippen LogP contribution is -2.46. The first-order valence-electron chi connectivity index (χ1n) is 7.56. The number of ether oxygens (including phenoxy) is 1. The lowest BCUT2D eigenvalue weighted by molar-refractivity contribution is -0.145. The average molecular weight is 255 g/mol. The summed E-state index contributed by atoms with van der Waals surface area (Å²) in [6.45, 7) is 7.68. The maximum atomic E-state index is 11.8. The van der Waals surface area contributed by atoms with Crippen molar-refractivity contribution in [3.63, 3.8) is 0 Å². The smallest absolute Gasteiger partial charge is 0.307 e. The molecule has 18 heavy (non-hydrogen) atoms. The Hall–Kier alpha value is -0.570.